The Morgan fingerprint density at radius 2 is 1.71 bits per heavy atom. The number of nitrogens with two attached hydrogens (primary N) is 1. The van der Waals surface area contributed by atoms with Crippen molar-refractivity contribution in [1.82, 2.24) is 9.80 Å². The van der Waals surface area contributed by atoms with E-state index in [9.17, 15) is 14.0 Å². The molecule has 0 saturated carbocycles. The van der Waals surface area contributed by atoms with Gasteiger partial charge in [-0.2, -0.15) is 0 Å². The van der Waals surface area contributed by atoms with Crippen LogP contribution in [0.3, 0.4) is 0 Å². The van der Waals surface area contributed by atoms with Crippen LogP contribution in [0.1, 0.15) is 16.8 Å². The number of hydrogen-bond acceptors (Lipinski definition) is 4. The quantitative estimate of drug-likeness (QED) is 0.847. The number of hydrogen-bond donors (Lipinski definition) is 1. The van der Waals surface area contributed by atoms with Crippen molar-refractivity contribution in [2.24, 2.45) is 5.73 Å². The first-order valence-corrected chi connectivity index (χ1v) is 7.60. The molecule has 8 heteroatoms. The van der Waals surface area contributed by atoms with Gasteiger partial charge in [0.2, 0.25) is 5.91 Å². The van der Waals surface area contributed by atoms with Crippen molar-refractivity contribution >= 4 is 24.2 Å². The van der Waals surface area contributed by atoms with Crippen LogP contribution in [0.2, 0.25) is 0 Å². The second-order valence-corrected chi connectivity index (χ2v) is 5.48. The number of benzene rings is 1. The molecule has 134 valence electrons. The van der Waals surface area contributed by atoms with Crippen LogP contribution in [0.15, 0.2) is 24.3 Å². The predicted molar refractivity (Wildman–Crippen MR) is 90.6 cm³/mol. The molecular formula is C16H23ClFN3O3. The Hall–Kier alpha value is -1.70. The van der Waals surface area contributed by atoms with Crippen LogP contribution in [-0.2, 0) is 9.53 Å². The molecule has 1 aliphatic rings. The maximum atomic E-state index is 12.9. The monoisotopic (exact) mass is 359 g/mol. The van der Waals surface area contributed by atoms with Crippen LogP contribution >= 0.6 is 12.4 Å². The summed E-state index contributed by atoms with van der Waals surface area (Å²) in [6, 6.07) is 5.48. The van der Waals surface area contributed by atoms with E-state index in [1.807, 2.05) is 0 Å². The summed E-state index contributed by atoms with van der Waals surface area (Å²) >= 11 is 0. The summed E-state index contributed by atoms with van der Waals surface area (Å²) in [6.07, 6.45) is -0.0276. The number of rotatable bonds is 5. The molecule has 2 amide bonds. The van der Waals surface area contributed by atoms with Gasteiger partial charge in [0.15, 0.2) is 0 Å². The lowest BCUT2D eigenvalue weighted by atomic mass is 10.1. The van der Waals surface area contributed by atoms with Gasteiger partial charge >= 0.3 is 0 Å². The minimum absolute atomic E-state index is 0. The van der Waals surface area contributed by atoms with Gasteiger partial charge in [0.25, 0.3) is 5.91 Å². The van der Waals surface area contributed by atoms with Crippen molar-refractivity contribution in [3.8, 4) is 0 Å². The van der Waals surface area contributed by atoms with Crippen molar-refractivity contribution in [2.75, 3.05) is 39.8 Å². The van der Waals surface area contributed by atoms with Gasteiger partial charge in [-0.1, -0.05) is 0 Å². The van der Waals surface area contributed by atoms with E-state index in [0.29, 0.717) is 38.3 Å². The molecule has 0 bridgehead atoms. The molecule has 0 radical (unpaired) electrons. The number of halogens is 2. The summed E-state index contributed by atoms with van der Waals surface area (Å²) in [5, 5.41) is 0. The highest BCUT2D eigenvalue weighted by Gasteiger charge is 2.26. The standard InChI is InChI=1S/C16H22FN3O3.ClH/c1-23-14(11-18)10-15(21)19-6-8-20(9-7-19)16(22)12-2-4-13(17)5-3-12;/h2-5,14H,6-11,18H2,1H3;1H. The Morgan fingerprint density at radius 1 is 1.17 bits per heavy atom. The summed E-state index contributed by atoms with van der Waals surface area (Å²) < 4.78 is 18.0. The molecule has 1 heterocycles. The van der Waals surface area contributed by atoms with E-state index in [4.69, 9.17) is 10.5 Å². The van der Waals surface area contributed by atoms with Crippen molar-refractivity contribution in [1.29, 1.82) is 0 Å². The van der Waals surface area contributed by atoms with Gasteiger partial charge in [-0.05, 0) is 24.3 Å². The van der Waals surface area contributed by atoms with Crippen LogP contribution in [-0.4, -0.2) is 67.6 Å². The zero-order valence-electron chi connectivity index (χ0n) is 13.6. The summed E-state index contributed by atoms with van der Waals surface area (Å²) in [7, 11) is 1.53. The predicted octanol–water partition coefficient (Wildman–Crippen LogP) is 0.896. The maximum Gasteiger partial charge on any atom is 0.253 e. The first kappa shape index (κ1) is 20.3. The van der Waals surface area contributed by atoms with Crippen LogP contribution < -0.4 is 5.73 Å². The third-order valence-electron chi connectivity index (χ3n) is 4.01. The summed E-state index contributed by atoms with van der Waals surface area (Å²) in [5.41, 5.74) is 5.98. The Labute approximate surface area is 147 Å². The second-order valence-electron chi connectivity index (χ2n) is 5.48. The van der Waals surface area contributed by atoms with Crippen LogP contribution in [0.5, 0.6) is 0 Å². The maximum absolute atomic E-state index is 12.9. The summed E-state index contributed by atoms with van der Waals surface area (Å²) in [4.78, 5) is 27.9. The van der Waals surface area contributed by atoms with E-state index in [1.165, 1.54) is 31.4 Å². The number of piperazine rings is 1. The van der Waals surface area contributed by atoms with Crippen molar-refractivity contribution in [2.45, 2.75) is 12.5 Å². The number of amides is 2. The number of carbonyl (C=O) groups excluding carboxylic acids is 2. The average Bonchev–Trinajstić information content (AvgIpc) is 2.59. The molecule has 2 rings (SSSR count). The van der Waals surface area contributed by atoms with E-state index >= 15 is 0 Å². The van der Waals surface area contributed by atoms with Gasteiger partial charge in [-0.3, -0.25) is 9.59 Å². The van der Waals surface area contributed by atoms with Gasteiger partial charge in [-0.15, -0.1) is 12.4 Å². The molecule has 2 N–H and O–H groups in total. The Balaban J connectivity index is 0.00000288. The fourth-order valence-electron chi connectivity index (χ4n) is 2.52. The van der Waals surface area contributed by atoms with Crippen molar-refractivity contribution in [3.63, 3.8) is 0 Å². The third kappa shape index (κ3) is 5.15. The van der Waals surface area contributed by atoms with Gasteiger partial charge < -0.3 is 20.3 Å². The highest BCUT2D eigenvalue weighted by atomic mass is 35.5. The lowest BCUT2D eigenvalue weighted by Gasteiger charge is -2.35. The van der Waals surface area contributed by atoms with E-state index in [1.54, 1.807) is 9.80 Å². The molecule has 6 nitrogen and oxygen atoms in total. The van der Waals surface area contributed by atoms with Crippen LogP contribution in [0.4, 0.5) is 4.39 Å². The van der Waals surface area contributed by atoms with E-state index < -0.39 is 0 Å². The van der Waals surface area contributed by atoms with Crippen LogP contribution in [0.25, 0.3) is 0 Å². The zero-order valence-corrected chi connectivity index (χ0v) is 14.4. The van der Waals surface area contributed by atoms with E-state index in [-0.39, 0.29) is 42.6 Å². The highest BCUT2D eigenvalue weighted by molar-refractivity contribution is 5.94. The van der Waals surface area contributed by atoms with Crippen molar-refractivity contribution < 1.29 is 18.7 Å². The first-order valence-electron chi connectivity index (χ1n) is 7.60. The second kappa shape index (κ2) is 9.56. The molecule has 1 unspecified atom stereocenters. The smallest absolute Gasteiger partial charge is 0.253 e. The molecule has 1 saturated heterocycles. The van der Waals surface area contributed by atoms with E-state index in [0.717, 1.165) is 0 Å². The number of methoxy groups -OCH3 is 1. The van der Waals surface area contributed by atoms with E-state index in [2.05, 4.69) is 0 Å². The van der Waals surface area contributed by atoms with Gasteiger partial charge in [0.1, 0.15) is 5.82 Å². The van der Waals surface area contributed by atoms with Gasteiger partial charge in [0.05, 0.1) is 12.5 Å². The van der Waals surface area contributed by atoms with Crippen molar-refractivity contribution in [3.05, 3.63) is 35.6 Å². The zero-order chi connectivity index (χ0) is 16.8. The first-order chi connectivity index (χ1) is 11.0. The lowest BCUT2D eigenvalue weighted by molar-refractivity contribution is -0.135. The van der Waals surface area contributed by atoms with Gasteiger partial charge in [0, 0.05) is 45.4 Å². The third-order valence-corrected chi connectivity index (χ3v) is 4.01. The summed E-state index contributed by atoms with van der Waals surface area (Å²) in [5.74, 6) is -0.533. The molecule has 0 aliphatic carbocycles. The number of ether oxygens (including phenoxy) is 1. The molecular weight excluding hydrogens is 337 g/mol. The minimum Gasteiger partial charge on any atom is -0.380 e. The Bertz CT molecular complexity index is 544. The molecule has 0 aromatic heterocycles. The molecule has 1 aliphatic heterocycles. The summed E-state index contributed by atoms with van der Waals surface area (Å²) in [6.45, 7) is 2.18. The topological polar surface area (TPSA) is 75.9 Å². The SMILES string of the molecule is COC(CN)CC(=O)N1CCN(C(=O)c2ccc(F)cc2)CC1.Cl. The molecule has 0 spiro atoms. The Morgan fingerprint density at radius 3 is 2.21 bits per heavy atom. The normalized spacial score (nSPS) is 15.6. The molecule has 1 fully saturated rings. The number of nitrogens with zero attached hydrogens (tertiary/aromatic N) is 2. The lowest BCUT2D eigenvalue weighted by Crippen LogP contribution is -2.51. The number of carbonyl (C=O) groups is 2. The average molecular weight is 360 g/mol. The largest absolute Gasteiger partial charge is 0.380 e. The fraction of sp³-hybridized carbons (Fsp3) is 0.500. The van der Waals surface area contributed by atoms with Crippen LogP contribution in [0, 0.1) is 5.82 Å². The molecule has 1 atom stereocenters. The molecule has 1 aromatic rings. The van der Waals surface area contributed by atoms with Gasteiger partial charge in [-0.25, -0.2) is 4.39 Å². The molecule has 24 heavy (non-hydrogen) atoms. The highest BCUT2D eigenvalue weighted by Crippen LogP contribution is 2.11. The fourth-order valence-corrected chi connectivity index (χ4v) is 2.52. The molecule has 1 aromatic carbocycles. The minimum atomic E-state index is -0.371. The Kier molecular flexibility index (Phi) is 8.10.